The first-order valence-electron chi connectivity index (χ1n) is 8.02. The molecule has 0 atom stereocenters. The van der Waals surface area contributed by atoms with Gasteiger partial charge in [0.1, 0.15) is 5.75 Å². The Bertz CT molecular complexity index is 918. The molecule has 0 unspecified atom stereocenters. The van der Waals surface area contributed by atoms with Crippen LogP contribution in [-0.4, -0.2) is 39.1 Å². The zero-order valence-corrected chi connectivity index (χ0v) is 14.3. The number of oxime groups is 1. The van der Waals surface area contributed by atoms with Crippen molar-refractivity contribution in [1.82, 2.24) is 9.88 Å². The van der Waals surface area contributed by atoms with Gasteiger partial charge in [-0.25, -0.2) is 4.98 Å². The number of pyridine rings is 1. The van der Waals surface area contributed by atoms with Crippen molar-refractivity contribution in [1.29, 1.82) is 0 Å². The van der Waals surface area contributed by atoms with E-state index in [0.29, 0.717) is 11.7 Å². The molecule has 1 aliphatic rings. The van der Waals surface area contributed by atoms with Gasteiger partial charge in [0.15, 0.2) is 5.84 Å². The van der Waals surface area contributed by atoms with Crippen LogP contribution in [-0.2, 0) is 0 Å². The average molecular weight is 351 g/mol. The van der Waals surface area contributed by atoms with E-state index in [9.17, 15) is 5.21 Å². The Morgan fingerprint density at radius 3 is 2.88 bits per heavy atom. The van der Waals surface area contributed by atoms with E-state index in [2.05, 4.69) is 10.1 Å². The second-order valence-corrected chi connectivity index (χ2v) is 6.76. The van der Waals surface area contributed by atoms with Crippen LogP contribution in [0.1, 0.15) is 5.56 Å². The fraction of sp³-hybridized carbons (Fsp3) is 0.158. The SMILES string of the molecule is O/N=C(/c1ccnc(Oc2cccc3ccccc23)c1)N1CCSC1. The van der Waals surface area contributed by atoms with Crippen molar-refractivity contribution in [3.8, 4) is 11.6 Å². The van der Waals surface area contributed by atoms with Gasteiger partial charge >= 0.3 is 0 Å². The van der Waals surface area contributed by atoms with Gasteiger partial charge in [-0.05, 0) is 17.5 Å². The maximum Gasteiger partial charge on any atom is 0.219 e. The quantitative estimate of drug-likeness (QED) is 0.332. The lowest BCUT2D eigenvalue weighted by molar-refractivity contribution is 0.308. The summed E-state index contributed by atoms with van der Waals surface area (Å²) in [6.45, 7) is 0.867. The van der Waals surface area contributed by atoms with E-state index in [0.717, 1.165) is 40.3 Å². The summed E-state index contributed by atoms with van der Waals surface area (Å²) in [5, 5.41) is 15.1. The monoisotopic (exact) mass is 351 g/mol. The van der Waals surface area contributed by atoms with Crippen LogP contribution >= 0.6 is 11.8 Å². The molecule has 1 aliphatic heterocycles. The minimum atomic E-state index is 0.474. The molecule has 1 aromatic heterocycles. The van der Waals surface area contributed by atoms with Gasteiger partial charge in [0.05, 0.1) is 5.88 Å². The van der Waals surface area contributed by atoms with Gasteiger partial charge in [0, 0.05) is 35.5 Å². The van der Waals surface area contributed by atoms with Crippen LogP contribution in [0.3, 0.4) is 0 Å². The molecule has 1 saturated heterocycles. The molecule has 0 saturated carbocycles. The van der Waals surface area contributed by atoms with Gasteiger partial charge in [-0.1, -0.05) is 41.6 Å². The summed E-state index contributed by atoms with van der Waals surface area (Å²) in [4.78, 5) is 6.35. The number of thioether (sulfide) groups is 1. The Morgan fingerprint density at radius 1 is 1.16 bits per heavy atom. The van der Waals surface area contributed by atoms with Crippen molar-refractivity contribution in [3.63, 3.8) is 0 Å². The van der Waals surface area contributed by atoms with Gasteiger partial charge in [0.25, 0.3) is 0 Å². The summed E-state index contributed by atoms with van der Waals surface area (Å²) in [5.41, 5.74) is 0.787. The number of amidine groups is 1. The van der Waals surface area contributed by atoms with Crippen molar-refractivity contribution in [2.24, 2.45) is 5.16 Å². The third-order valence-electron chi connectivity index (χ3n) is 4.10. The van der Waals surface area contributed by atoms with Crippen molar-refractivity contribution >= 4 is 28.4 Å². The molecule has 0 amide bonds. The first-order chi connectivity index (χ1) is 12.3. The zero-order chi connectivity index (χ0) is 17.1. The van der Waals surface area contributed by atoms with Crippen molar-refractivity contribution < 1.29 is 9.94 Å². The lowest BCUT2D eigenvalue weighted by Gasteiger charge is -2.18. The summed E-state index contributed by atoms with van der Waals surface area (Å²) in [5.74, 6) is 3.63. The molecule has 0 aliphatic carbocycles. The van der Waals surface area contributed by atoms with Gasteiger partial charge in [-0.3, -0.25) is 0 Å². The number of aromatic nitrogens is 1. The molecule has 2 aromatic carbocycles. The van der Waals surface area contributed by atoms with Crippen LogP contribution in [0.25, 0.3) is 10.8 Å². The van der Waals surface area contributed by atoms with E-state index in [-0.39, 0.29) is 0 Å². The summed E-state index contributed by atoms with van der Waals surface area (Å²) in [6, 6.07) is 17.6. The standard InChI is InChI=1S/C19H17N3O2S/c23-21-19(22-10-11-25-13-22)15-8-9-20-18(12-15)24-17-7-3-5-14-4-1-2-6-16(14)17/h1-9,12,23H,10-11,13H2/b21-19-. The van der Waals surface area contributed by atoms with Crippen LogP contribution < -0.4 is 4.74 Å². The van der Waals surface area contributed by atoms with Gasteiger partial charge in [-0.15, -0.1) is 11.8 Å². The van der Waals surface area contributed by atoms with E-state index < -0.39 is 0 Å². The van der Waals surface area contributed by atoms with Crippen LogP contribution in [0.15, 0.2) is 65.9 Å². The predicted octanol–water partition coefficient (Wildman–Crippen LogP) is 4.17. The predicted molar refractivity (Wildman–Crippen MR) is 101 cm³/mol. The largest absolute Gasteiger partial charge is 0.438 e. The zero-order valence-electron chi connectivity index (χ0n) is 13.5. The van der Waals surface area contributed by atoms with E-state index in [1.807, 2.05) is 65.2 Å². The number of benzene rings is 2. The number of nitrogens with zero attached hydrogens (tertiary/aromatic N) is 3. The highest BCUT2D eigenvalue weighted by molar-refractivity contribution is 7.99. The molecular weight excluding hydrogens is 334 g/mol. The van der Waals surface area contributed by atoms with Crippen LogP contribution in [0.2, 0.25) is 0 Å². The lowest BCUT2D eigenvalue weighted by Crippen LogP contribution is -2.28. The smallest absolute Gasteiger partial charge is 0.219 e. The highest BCUT2D eigenvalue weighted by Gasteiger charge is 2.19. The number of fused-ring (bicyclic) bond motifs is 1. The van der Waals surface area contributed by atoms with E-state index >= 15 is 0 Å². The number of hydrogen-bond acceptors (Lipinski definition) is 5. The first-order valence-corrected chi connectivity index (χ1v) is 9.17. The third-order valence-corrected chi connectivity index (χ3v) is 5.07. The summed E-state index contributed by atoms with van der Waals surface area (Å²) >= 11 is 1.82. The number of rotatable bonds is 3. The molecule has 4 rings (SSSR count). The molecule has 0 bridgehead atoms. The Morgan fingerprint density at radius 2 is 2.04 bits per heavy atom. The first kappa shape index (κ1) is 15.8. The van der Waals surface area contributed by atoms with Crippen LogP contribution in [0.4, 0.5) is 0 Å². The van der Waals surface area contributed by atoms with E-state index in [4.69, 9.17) is 4.74 Å². The van der Waals surface area contributed by atoms with Crippen molar-refractivity contribution in [2.75, 3.05) is 18.2 Å². The molecule has 25 heavy (non-hydrogen) atoms. The normalized spacial score (nSPS) is 14.9. The van der Waals surface area contributed by atoms with Crippen LogP contribution in [0, 0.1) is 0 Å². The Balaban J connectivity index is 1.65. The highest BCUT2D eigenvalue weighted by atomic mass is 32.2. The van der Waals surface area contributed by atoms with Gasteiger partial charge < -0.3 is 14.8 Å². The maximum absolute atomic E-state index is 9.44. The minimum Gasteiger partial charge on any atom is -0.438 e. The van der Waals surface area contributed by atoms with Gasteiger partial charge in [-0.2, -0.15) is 0 Å². The maximum atomic E-state index is 9.44. The molecule has 1 fully saturated rings. The molecule has 6 heteroatoms. The van der Waals surface area contributed by atoms with Crippen molar-refractivity contribution in [2.45, 2.75) is 0 Å². The minimum absolute atomic E-state index is 0.474. The molecule has 126 valence electrons. The number of ether oxygens (including phenoxy) is 1. The molecule has 5 nitrogen and oxygen atoms in total. The highest BCUT2D eigenvalue weighted by Crippen LogP contribution is 2.29. The van der Waals surface area contributed by atoms with E-state index in [1.165, 1.54) is 0 Å². The molecule has 2 heterocycles. The molecule has 0 radical (unpaired) electrons. The second-order valence-electron chi connectivity index (χ2n) is 5.69. The topological polar surface area (TPSA) is 58.0 Å². The number of hydrogen-bond donors (Lipinski definition) is 1. The average Bonchev–Trinajstić information content (AvgIpc) is 3.17. The molecular formula is C19H17N3O2S. The van der Waals surface area contributed by atoms with Gasteiger partial charge in [0.2, 0.25) is 5.88 Å². The van der Waals surface area contributed by atoms with E-state index in [1.54, 1.807) is 12.3 Å². The Kier molecular flexibility index (Phi) is 4.43. The Labute approximate surface area is 149 Å². The molecule has 0 spiro atoms. The summed E-state index contributed by atoms with van der Waals surface area (Å²) < 4.78 is 6.02. The Hall–Kier alpha value is -2.73. The fourth-order valence-corrected chi connectivity index (χ4v) is 3.84. The third kappa shape index (κ3) is 3.25. The summed E-state index contributed by atoms with van der Waals surface area (Å²) in [6.07, 6.45) is 1.67. The van der Waals surface area contributed by atoms with Crippen LogP contribution in [0.5, 0.6) is 11.6 Å². The molecule has 3 aromatic rings. The summed E-state index contributed by atoms with van der Waals surface area (Å²) in [7, 11) is 0. The second kappa shape index (κ2) is 7.03. The molecule has 1 N–H and O–H groups in total. The lowest BCUT2D eigenvalue weighted by atomic mass is 10.1. The van der Waals surface area contributed by atoms with Crippen molar-refractivity contribution in [3.05, 3.63) is 66.4 Å². The fourth-order valence-electron chi connectivity index (χ4n) is 2.89.